The van der Waals surface area contributed by atoms with E-state index >= 15 is 0 Å². The van der Waals surface area contributed by atoms with Gasteiger partial charge in [0, 0.05) is 10.1 Å². The molecule has 2 nitrogen and oxygen atoms in total. The van der Waals surface area contributed by atoms with Gasteiger partial charge < -0.3 is 9.47 Å². The summed E-state index contributed by atoms with van der Waals surface area (Å²) in [5, 5.41) is 1.96. The maximum absolute atomic E-state index is 6.96. The molecule has 3 rings (SSSR count). The predicted molar refractivity (Wildman–Crippen MR) is 132 cm³/mol. The molecule has 0 unspecified atom stereocenters. The third-order valence-electron chi connectivity index (χ3n) is 5.45. The highest BCUT2D eigenvalue weighted by Gasteiger charge is 2.22. The highest BCUT2D eigenvalue weighted by atomic mass is 35.5. The smallest absolute Gasteiger partial charge is 0.161 e. The number of hydrogen-bond donors (Lipinski definition) is 0. The monoisotopic (exact) mass is 442 g/mol. The van der Waals surface area contributed by atoms with Gasteiger partial charge in [0.25, 0.3) is 0 Å². The first-order valence-electron chi connectivity index (χ1n) is 10.7. The van der Waals surface area contributed by atoms with E-state index in [1.54, 1.807) is 18.4 Å². The van der Waals surface area contributed by atoms with Gasteiger partial charge in [0.05, 0.1) is 23.6 Å². The fourth-order valence-electron chi connectivity index (χ4n) is 3.79. The van der Waals surface area contributed by atoms with E-state index in [2.05, 4.69) is 58.0 Å². The Kier molecular flexibility index (Phi) is 7.49. The molecule has 4 heteroatoms. The topological polar surface area (TPSA) is 18.5 Å². The van der Waals surface area contributed by atoms with Gasteiger partial charge in [0.2, 0.25) is 0 Å². The molecule has 0 N–H and O–H groups in total. The van der Waals surface area contributed by atoms with Crippen molar-refractivity contribution in [1.82, 2.24) is 0 Å². The van der Waals surface area contributed by atoms with E-state index < -0.39 is 0 Å². The van der Waals surface area contributed by atoms with E-state index in [-0.39, 0.29) is 0 Å². The molecule has 0 bridgehead atoms. The number of ether oxygens (including phenoxy) is 2. The maximum atomic E-state index is 6.96. The Morgan fingerprint density at radius 2 is 1.83 bits per heavy atom. The van der Waals surface area contributed by atoms with Gasteiger partial charge in [-0.1, -0.05) is 49.6 Å². The van der Waals surface area contributed by atoms with Gasteiger partial charge in [-0.05, 0) is 74.1 Å². The molecule has 0 radical (unpaired) electrons. The first-order valence-corrected chi connectivity index (χ1v) is 11.9. The summed E-state index contributed by atoms with van der Waals surface area (Å²) >= 11 is 8.74. The zero-order valence-electron chi connectivity index (χ0n) is 18.8. The largest absolute Gasteiger partial charge is 0.493 e. The lowest BCUT2D eigenvalue weighted by atomic mass is 9.91. The summed E-state index contributed by atoms with van der Waals surface area (Å²) in [5.74, 6) is 1.57. The van der Waals surface area contributed by atoms with E-state index in [0.717, 1.165) is 46.0 Å². The second-order valence-corrected chi connectivity index (χ2v) is 9.03. The summed E-state index contributed by atoms with van der Waals surface area (Å²) in [4.78, 5) is 1.14. The Labute approximate surface area is 189 Å². The molecule has 0 aliphatic carbocycles. The highest BCUT2D eigenvalue weighted by molar-refractivity contribution is 7.21. The molecule has 0 atom stereocenters. The molecular weight excluding hydrogens is 412 g/mol. The number of methoxy groups -OCH3 is 1. The third-order valence-corrected chi connectivity index (χ3v) is 7.12. The molecule has 2 aromatic carbocycles. The van der Waals surface area contributed by atoms with Crippen molar-refractivity contribution in [3.8, 4) is 11.5 Å². The Morgan fingerprint density at radius 3 is 2.47 bits per heavy atom. The van der Waals surface area contributed by atoms with Crippen LogP contribution in [0.25, 0.3) is 15.7 Å². The van der Waals surface area contributed by atoms with Crippen LogP contribution in [-0.2, 0) is 6.42 Å². The van der Waals surface area contributed by atoms with Crippen molar-refractivity contribution in [2.45, 2.75) is 53.9 Å². The number of benzene rings is 2. The minimum absolute atomic E-state index is 0.611. The Morgan fingerprint density at radius 1 is 1.07 bits per heavy atom. The van der Waals surface area contributed by atoms with Crippen molar-refractivity contribution in [2.24, 2.45) is 0 Å². The predicted octanol–water partition coefficient (Wildman–Crippen LogP) is 8.45. The SMILES string of the molecule is CCCc1cc(OCC)c(OC)cc1C(=C(C)CC)c1sc2cc(C)ccc2c1Cl. The molecule has 0 saturated carbocycles. The molecule has 0 aliphatic rings. The number of hydrogen-bond acceptors (Lipinski definition) is 3. The first kappa shape index (κ1) is 22.7. The average molecular weight is 443 g/mol. The second-order valence-electron chi connectivity index (χ2n) is 7.60. The number of halogens is 1. The van der Waals surface area contributed by atoms with E-state index in [9.17, 15) is 0 Å². The average Bonchev–Trinajstić information content (AvgIpc) is 3.05. The second kappa shape index (κ2) is 9.89. The lowest BCUT2D eigenvalue weighted by Crippen LogP contribution is -2.02. The summed E-state index contributed by atoms with van der Waals surface area (Å²) in [6.07, 6.45) is 2.99. The summed E-state index contributed by atoms with van der Waals surface area (Å²) in [6.45, 7) is 11.3. The van der Waals surface area contributed by atoms with Crippen molar-refractivity contribution >= 4 is 38.6 Å². The van der Waals surface area contributed by atoms with Crippen LogP contribution >= 0.6 is 22.9 Å². The van der Waals surface area contributed by atoms with Crippen LogP contribution < -0.4 is 9.47 Å². The Bertz CT molecular complexity index is 1080. The molecule has 160 valence electrons. The fourth-order valence-corrected chi connectivity index (χ4v) is 5.56. The summed E-state index contributed by atoms with van der Waals surface area (Å²) in [5.41, 5.74) is 6.27. The van der Waals surface area contributed by atoms with Crippen LogP contribution in [0, 0.1) is 6.92 Å². The zero-order chi connectivity index (χ0) is 21.8. The molecule has 0 spiro atoms. The lowest BCUT2D eigenvalue weighted by molar-refractivity contribution is 0.310. The van der Waals surface area contributed by atoms with Crippen LogP contribution in [0.4, 0.5) is 0 Å². The van der Waals surface area contributed by atoms with Gasteiger partial charge >= 0.3 is 0 Å². The van der Waals surface area contributed by atoms with Crippen molar-refractivity contribution in [2.75, 3.05) is 13.7 Å². The number of rotatable bonds is 8. The minimum atomic E-state index is 0.611. The van der Waals surface area contributed by atoms with Crippen LogP contribution in [-0.4, -0.2) is 13.7 Å². The van der Waals surface area contributed by atoms with E-state index in [4.69, 9.17) is 21.1 Å². The van der Waals surface area contributed by atoms with E-state index in [1.807, 2.05) is 6.92 Å². The molecule has 0 fully saturated rings. The van der Waals surface area contributed by atoms with Gasteiger partial charge in [-0.15, -0.1) is 11.3 Å². The quantitative estimate of drug-likeness (QED) is 0.348. The number of thiophene rings is 1. The lowest BCUT2D eigenvalue weighted by Gasteiger charge is -2.19. The molecule has 0 saturated heterocycles. The van der Waals surface area contributed by atoms with Crippen LogP contribution in [0.2, 0.25) is 5.02 Å². The maximum Gasteiger partial charge on any atom is 0.161 e. The first-order chi connectivity index (χ1) is 14.4. The molecule has 30 heavy (non-hydrogen) atoms. The van der Waals surface area contributed by atoms with Gasteiger partial charge in [0.1, 0.15) is 0 Å². The number of aryl methyl sites for hydroxylation is 2. The molecule has 0 aliphatic heterocycles. The van der Waals surface area contributed by atoms with Crippen molar-refractivity contribution in [1.29, 1.82) is 0 Å². The Hall–Kier alpha value is -1.97. The van der Waals surface area contributed by atoms with Gasteiger partial charge in [-0.3, -0.25) is 0 Å². The van der Waals surface area contributed by atoms with Crippen molar-refractivity contribution in [3.05, 3.63) is 62.5 Å². The number of fused-ring (bicyclic) bond motifs is 1. The third kappa shape index (κ3) is 4.38. The Balaban J connectivity index is 2.31. The summed E-state index contributed by atoms with van der Waals surface area (Å²) < 4.78 is 12.8. The molecule has 1 aromatic heterocycles. The summed E-state index contributed by atoms with van der Waals surface area (Å²) in [6, 6.07) is 10.8. The van der Waals surface area contributed by atoms with Crippen LogP contribution in [0.3, 0.4) is 0 Å². The molecule has 3 aromatic rings. The fraction of sp³-hybridized carbons (Fsp3) is 0.385. The standard InChI is InChI=1S/C26H31ClO2S/c1-7-10-18-14-22(29-9-3)21(28-6)15-20(18)24(17(5)8-2)26-25(27)19-12-11-16(4)13-23(19)30-26/h11-15H,7-10H2,1-6H3. The minimum Gasteiger partial charge on any atom is -0.493 e. The highest BCUT2D eigenvalue weighted by Crippen LogP contribution is 2.46. The number of allylic oxidation sites excluding steroid dienone is 1. The van der Waals surface area contributed by atoms with Crippen molar-refractivity contribution in [3.63, 3.8) is 0 Å². The zero-order valence-corrected chi connectivity index (χ0v) is 20.4. The molecular formula is C26H31ClO2S. The van der Waals surface area contributed by atoms with E-state index in [1.165, 1.54) is 32.5 Å². The molecule has 1 heterocycles. The molecule has 0 amide bonds. The van der Waals surface area contributed by atoms with E-state index in [0.29, 0.717) is 6.61 Å². The van der Waals surface area contributed by atoms with Gasteiger partial charge in [-0.25, -0.2) is 0 Å². The van der Waals surface area contributed by atoms with Crippen LogP contribution in [0.1, 0.15) is 62.1 Å². The normalized spacial score (nSPS) is 12.2. The van der Waals surface area contributed by atoms with Crippen LogP contribution in [0.5, 0.6) is 11.5 Å². The van der Waals surface area contributed by atoms with Gasteiger partial charge in [-0.2, -0.15) is 0 Å². The van der Waals surface area contributed by atoms with Crippen molar-refractivity contribution < 1.29 is 9.47 Å². The van der Waals surface area contributed by atoms with Crippen LogP contribution in [0.15, 0.2) is 35.9 Å². The summed E-state index contributed by atoms with van der Waals surface area (Å²) in [7, 11) is 1.70. The van der Waals surface area contributed by atoms with Gasteiger partial charge in [0.15, 0.2) is 11.5 Å².